The number of ether oxygens (including phenoxy) is 1. The van der Waals surface area contributed by atoms with E-state index in [1.807, 2.05) is 4.90 Å². The fraction of sp³-hybridized carbons (Fsp3) is 0.588. The summed E-state index contributed by atoms with van der Waals surface area (Å²) in [6.07, 6.45) is -0.265. The minimum absolute atomic E-state index is 0. The van der Waals surface area contributed by atoms with Gasteiger partial charge in [0.05, 0.1) is 16.6 Å². The normalized spacial score (nSPS) is 20.2. The van der Waals surface area contributed by atoms with Crippen LogP contribution in [-0.4, -0.2) is 63.6 Å². The topological polar surface area (TPSA) is 71.0 Å². The molecular formula is C17H27FIN3O3S. The van der Waals surface area contributed by atoms with Gasteiger partial charge < -0.3 is 15.0 Å². The van der Waals surface area contributed by atoms with Gasteiger partial charge in [0, 0.05) is 33.8 Å². The minimum Gasteiger partial charge on any atom is -0.375 e. The van der Waals surface area contributed by atoms with E-state index < -0.39 is 14.6 Å². The lowest BCUT2D eigenvalue weighted by Gasteiger charge is -2.39. The Hall–Kier alpha value is -0.940. The zero-order valence-electron chi connectivity index (χ0n) is 15.5. The molecule has 1 N–H and O–H groups in total. The van der Waals surface area contributed by atoms with E-state index in [0.717, 1.165) is 5.56 Å². The van der Waals surface area contributed by atoms with Gasteiger partial charge in [0.15, 0.2) is 15.8 Å². The first kappa shape index (κ1) is 23.1. The van der Waals surface area contributed by atoms with Crippen LogP contribution in [0.1, 0.15) is 25.5 Å². The Morgan fingerprint density at radius 1 is 1.38 bits per heavy atom. The Kier molecular flexibility index (Phi) is 8.28. The van der Waals surface area contributed by atoms with Crippen LogP contribution < -0.4 is 5.32 Å². The van der Waals surface area contributed by atoms with E-state index in [1.54, 1.807) is 40.1 Å². The number of aliphatic imine (C=N–C) groups is 1. The molecule has 6 nitrogen and oxygen atoms in total. The standard InChI is InChI=1S/C17H26FN3O3S.HI/c1-17(2)12-21(9-10-25(17,22)23)16(19-3)20-11-15(24-4)13-5-7-14(18)8-6-13;/h5-8,15H,9-12H2,1-4H3,(H,19,20);1H. The molecule has 1 aliphatic heterocycles. The number of methoxy groups -OCH3 is 1. The van der Waals surface area contributed by atoms with E-state index in [0.29, 0.717) is 25.6 Å². The van der Waals surface area contributed by atoms with Crippen molar-refractivity contribution in [3.8, 4) is 0 Å². The number of hydrogen-bond acceptors (Lipinski definition) is 4. The number of sulfone groups is 1. The quantitative estimate of drug-likeness (QED) is 0.391. The highest BCUT2D eigenvalue weighted by atomic mass is 127. The average molecular weight is 499 g/mol. The van der Waals surface area contributed by atoms with Crippen molar-refractivity contribution in [3.63, 3.8) is 0 Å². The summed E-state index contributed by atoms with van der Waals surface area (Å²) in [5, 5.41) is 3.23. The van der Waals surface area contributed by atoms with Gasteiger partial charge in [-0.3, -0.25) is 4.99 Å². The second kappa shape index (κ2) is 9.32. The Balaban J connectivity index is 0.00000338. The number of halogens is 2. The van der Waals surface area contributed by atoms with Crippen LogP contribution in [0.2, 0.25) is 0 Å². The van der Waals surface area contributed by atoms with Crippen LogP contribution in [-0.2, 0) is 14.6 Å². The first-order valence-electron chi connectivity index (χ1n) is 8.16. The van der Waals surface area contributed by atoms with Crippen LogP contribution in [0.4, 0.5) is 4.39 Å². The number of benzene rings is 1. The molecule has 1 aliphatic rings. The van der Waals surface area contributed by atoms with Crippen LogP contribution in [0.25, 0.3) is 0 Å². The molecule has 1 atom stereocenters. The van der Waals surface area contributed by atoms with Gasteiger partial charge in [-0.1, -0.05) is 12.1 Å². The van der Waals surface area contributed by atoms with Gasteiger partial charge in [0.25, 0.3) is 0 Å². The molecular weight excluding hydrogens is 472 g/mol. The Bertz CT molecular complexity index is 723. The van der Waals surface area contributed by atoms with Crippen LogP contribution >= 0.6 is 24.0 Å². The predicted octanol–water partition coefficient (Wildman–Crippen LogP) is 2.22. The van der Waals surface area contributed by atoms with Crippen molar-refractivity contribution >= 4 is 39.8 Å². The third-order valence-electron chi connectivity index (χ3n) is 4.53. The van der Waals surface area contributed by atoms with E-state index >= 15 is 0 Å². The van der Waals surface area contributed by atoms with Crippen LogP contribution in [0.15, 0.2) is 29.3 Å². The highest BCUT2D eigenvalue weighted by molar-refractivity contribution is 14.0. The van der Waals surface area contributed by atoms with Crippen molar-refractivity contribution in [1.29, 1.82) is 0 Å². The molecule has 0 amide bonds. The molecule has 26 heavy (non-hydrogen) atoms. The first-order chi connectivity index (χ1) is 11.7. The first-order valence-corrected chi connectivity index (χ1v) is 9.81. The van der Waals surface area contributed by atoms with Crippen molar-refractivity contribution < 1.29 is 17.5 Å². The minimum atomic E-state index is -3.10. The largest absolute Gasteiger partial charge is 0.375 e. The van der Waals surface area contributed by atoms with Crippen LogP contribution in [0, 0.1) is 5.82 Å². The number of nitrogens with one attached hydrogen (secondary N) is 1. The van der Waals surface area contributed by atoms with Gasteiger partial charge in [-0.05, 0) is 31.5 Å². The molecule has 0 spiro atoms. The molecule has 1 aromatic rings. The summed E-state index contributed by atoms with van der Waals surface area (Å²) < 4.78 is 42.0. The highest BCUT2D eigenvalue weighted by Gasteiger charge is 2.41. The Labute approximate surface area is 172 Å². The molecule has 1 unspecified atom stereocenters. The van der Waals surface area contributed by atoms with E-state index in [-0.39, 0.29) is 41.7 Å². The van der Waals surface area contributed by atoms with Crippen molar-refractivity contribution in [2.24, 2.45) is 4.99 Å². The average Bonchev–Trinajstić information content (AvgIpc) is 2.56. The summed E-state index contributed by atoms with van der Waals surface area (Å²) >= 11 is 0. The maximum absolute atomic E-state index is 13.1. The molecule has 0 bridgehead atoms. The highest BCUT2D eigenvalue weighted by Crippen LogP contribution is 2.24. The summed E-state index contributed by atoms with van der Waals surface area (Å²) in [6.45, 7) is 4.69. The summed E-state index contributed by atoms with van der Waals surface area (Å²) in [5.74, 6) is 0.443. The summed E-state index contributed by atoms with van der Waals surface area (Å²) in [5.41, 5.74) is 0.855. The molecule has 0 aromatic heterocycles. The lowest BCUT2D eigenvalue weighted by Crippen LogP contribution is -2.57. The predicted molar refractivity (Wildman–Crippen MR) is 112 cm³/mol. The van der Waals surface area contributed by atoms with E-state index in [4.69, 9.17) is 4.74 Å². The number of hydrogen-bond donors (Lipinski definition) is 1. The molecule has 9 heteroatoms. The van der Waals surface area contributed by atoms with Crippen molar-refractivity contribution in [3.05, 3.63) is 35.6 Å². The van der Waals surface area contributed by atoms with E-state index in [9.17, 15) is 12.8 Å². The fourth-order valence-electron chi connectivity index (χ4n) is 2.86. The van der Waals surface area contributed by atoms with Gasteiger partial charge in [0.1, 0.15) is 5.82 Å². The van der Waals surface area contributed by atoms with Crippen LogP contribution in [0.5, 0.6) is 0 Å². The molecule has 2 rings (SSSR count). The number of rotatable bonds is 4. The van der Waals surface area contributed by atoms with Crippen molar-refractivity contribution in [2.75, 3.05) is 39.5 Å². The van der Waals surface area contributed by atoms with Gasteiger partial charge in [0.2, 0.25) is 0 Å². The van der Waals surface area contributed by atoms with Crippen LogP contribution in [0.3, 0.4) is 0 Å². The molecule has 1 fully saturated rings. The molecule has 1 heterocycles. The molecule has 1 saturated heterocycles. The lowest BCUT2D eigenvalue weighted by molar-refractivity contribution is 0.105. The lowest BCUT2D eigenvalue weighted by atomic mass is 10.1. The molecule has 148 valence electrons. The third-order valence-corrected chi connectivity index (χ3v) is 7.06. The second-order valence-corrected chi connectivity index (χ2v) is 9.45. The summed E-state index contributed by atoms with van der Waals surface area (Å²) in [7, 11) is 0.154. The van der Waals surface area contributed by atoms with Gasteiger partial charge >= 0.3 is 0 Å². The SMILES string of the molecule is CN=C(NCC(OC)c1ccc(F)cc1)N1CCS(=O)(=O)C(C)(C)C1.I. The maximum Gasteiger partial charge on any atom is 0.193 e. The number of guanidine groups is 1. The molecule has 0 aliphatic carbocycles. The third kappa shape index (κ3) is 5.29. The summed E-state index contributed by atoms with van der Waals surface area (Å²) in [4.78, 5) is 6.20. The Morgan fingerprint density at radius 3 is 2.50 bits per heavy atom. The summed E-state index contributed by atoms with van der Waals surface area (Å²) in [6, 6.07) is 6.16. The molecule has 0 radical (unpaired) electrons. The fourth-order valence-corrected chi connectivity index (χ4v) is 4.22. The van der Waals surface area contributed by atoms with Crippen molar-refractivity contribution in [2.45, 2.75) is 24.7 Å². The van der Waals surface area contributed by atoms with Gasteiger partial charge in [-0.25, -0.2) is 12.8 Å². The maximum atomic E-state index is 13.1. The molecule has 0 saturated carbocycles. The van der Waals surface area contributed by atoms with E-state index in [1.165, 1.54) is 12.1 Å². The smallest absolute Gasteiger partial charge is 0.193 e. The zero-order chi connectivity index (χ0) is 18.7. The zero-order valence-corrected chi connectivity index (χ0v) is 18.7. The van der Waals surface area contributed by atoms with Crippen molar-refractivity contribution in [1.82, 2.24) is 10.2 Å². The second-order valence-electron chi connectivity index (χ2n) is 6.70. The Morgan fingerprint density at radius 2 is 2.00 bits per heavy atom. The van der Waals surface area contributed by atoms with Gasteiger partial charge in [-0.2, -0.15) is 0 Å². The molecule has 1 aromatic carbocycles. The van der Waals surface area contributed by atoms with Gasteiger partial charge in [-0.15, -0.1) is 24.0 Å². The van der Waals surface area contributed by atoms with E-state index in [2.05, 4.69) is 10.3 Å². The monoisotopic (exact) mass is 499 g/mol. The number of nitrogens with zero attached hydrogens (tertiary/aromatic N) is 2.